The number of amides is 2. The molecule has 0 aliphatic carbocycles. The molecule has 2 rings (SSSR count). The zero-order chi connectivity index (χ0) is 17.7. The van der Waals surface area contributed by atoms with Gasteiger partial charge in [-0.2, -0.15) is 0 Å². The van der Waals surface area contributed by atoms with Crippen molar-refractivity contribution in [2.75, 3.05) is 13.2 Å². The number of nitrogens with one attached hydrogen (secondary N) is 2. The number of ether oxygens (including phenoxy) is 1. The summed E-state index contributed by atoms with van der Waals surface area (Å²) in [7, 11) is 0. The van der Waals surface area contributed by atoms with Crippen LogP contribution in [0.5, 0.6) is 0 Å². The van der Waals surface area contributed by atoms with Crippen molar-refractivity contribution in [3.05, 3.63) is 35.9 Å². The van der Waals surface area contributed by atoms with Gasteiger partial charge in [0.05, 0.1) is 6.61 Å². The van der Waals surface area contributed by atoms with E-state index in [9.17, 15) is 9.59 Å². The van der Waals surface area contributed by atoms with Crippen LogP contribution in [0.2, 0.25) is 0 Å². The molecular formula is C20H30N2O3. The highest BCUT2D eigenvalue weighted by atomic mass is 16.5. The van der Waals surface area contributed by atoms with Crippen LogP contribution < -0.4 is 10.6 Å². The Morgan fingerprint density at radius 3 is 2.68 bits per heavy atom. The van der Waals surface area contributed by atoms with Crippen LogP contribution in [-0.4, -0.2) is 31.0 Å². The third kappa shape index (κ3) is 8.16. The molecule has 1 heterocycles. The molecule has 0 aromatic heterocycles. The summed E-state index contributed by atoms with van der Waals surface area (Å²) in [5, 5.41) is 5.62. The average Bonchev–Trinajstić information content (AvgIpc) is 2.63. The van der Waals surface area contributed by atoms with Crippen molar-refractivity contribution in [1.82, 2.24) is 10.6 Å². The first-order valence-corrected chi connectivity index (χ1v) is 9.44. The minimum Gasteiger partial charge on any atom is -0.377 e. The number of carbonyl (C=O) groups is 2. The molecule has 1 saturated heterocycles. The predicted molar refractivity (Wildman–Crippen MR) is 98.0 cm³/mol. The molecule has 1 fully saturated rings. The molecule has 0 spiro atoms. The molecule has 1 aromatic rings. The zero-order valence-electron chi connectivity index (χ0n) is 15.0. The molecule has 2 amide bonds. The van der Waals surface area contributed by atoms with E-state index >= 15 is 0 Å². The van der Waals surface area contributed by atoms with E-state index in [1.165, 1.54) is 5.56 Å². The molecule has 5 heteroatoms. The van der Waals surface area contributed by atoms with Gasteiger partial charge < -0.3 is 15.4 Å². The van der Waals surface area contributed by atoms with Crippen LogP contribution >= 0.6 is 0 Å². The normalized spacial score (nSPS) is 17.1. The fraction of sp³-hybridized carbons (Fsp3) is 0.600. The molecule has 2 N–H and O–H groups in total. The monoisotopic (exact) mass is 346 g/mol. The quantitative estimate of drug-likeness (QED) is 0.605. The van der Waals surface area contributed by atoms with Gasteiger partial charge in [-0.05, 0) is 31.2 Å². The standard InChI is InChI=1S/C20H30N2O3/c23-19(22-18-12-9-14-21-20(18)24)13-7-2-1-3-8-15-25-16-17-10-5-4-6-11-17/h4-6,10-11,18H,1-3,7-9,12-16H2,(H,21,24)(H,22,23)/t18-/m0/s1. The van der Waals surface area contributed by atoms with E-state index in [1.807, 2.05) is 18.2 Å². The molecule has 138 valence electrons. The third-order valence-corrected chi connectivity index (χ3v) is 4.42. The third-order valence-electron chi connectivity index (χ3n) is 4.42. The molecule has 25 heavy (non-hydrogen) atoms. The summed E-state index contributed by atoms with van der Waals surface area (Å²) < 4.78 is 5.66. The summed E-state index contributed by atoms with van der Waals surface area (Å²) in [5.74, 6) is -0.0525. The summed E-state index contributed by atoms with van der Waals surface area (Å²) in [6, 6.07) is 9.87. The van der Waals surface area contributed by atoms with Crippen LogP contribution in [0, 0.1) is 0 Å². The Hall–Kier alpha value is -1.88. The first kappa shape index (κ1) is 19.4. The minimum atomic E-state index is -0.331. The molecule has 1 aromatic carbocycles. The van der Waals surface area contributed by atoms with E-state index in [-0.39, 0.29) is 17.9 Å². The largest absolute Gasteiger partial charge is 0.377 e. The van der Waals surface area contributed by atoms with Crippen LogP contribution in [0.3, 0.4) is 0 Å². The van der Waals surface area contributed by atoms with Crippen LogP contribution in [0.4, 0.5) is 0 Å². The molecule has 1 aliphatic heterocycles. The summed E-state index contributed by atoms with van der Waals surface area (Å²) in [6.45, 7) is 2.18. The van der Waals surface area contributed by atoms with Gasteiger partial charge in [0.2, 0.25) is 11.8 Å². The second kappa shape index (κ2) is 11.6. The second-order valence-corrected chi connectivity index (χ2v) is 6.61. The predicted octanol–water partition coefficient (Wildman–Crippen LogP) is 2.94. The smallest absolute Gasteiger partial charge is 0.242 e. The first-order chi connectivity index (χ1) is 12.3. The van der Waals surface area contributed by atoms with E-state index in [4.69, 9.17) is 4.74 Å². The van der Waals surface area contributed by atoms with Crippen molar-refractivity contribution >= 4 is 11.8 Å². The number of rotatable bonds is 11. The summed E-state index contributed by atoms with van der Waals surface area (Å²) in [6.07, 6.45) is 7.42. The van der Waals surface area contributed by atoms with Crippen molar-refractivity contribution in [1.29, 1.82) is 0 Å². The van der Waals surface area contributed by atoms with Crippen molar-refractivity contribution in [2.45, 2.75) is 64.0 Å². The number of unbranched alkanes of at least 4 members (excludes halogenated alkanes) is 4. The van der Waals surface area contributed by atoms with Crippen LogP contribution in [0.15, 0.2) is 30.3 Å². The van der Waals surface area contributed by atoms with Gasteiger partial charge in [0.15, 0.2) is 0 Å². The maximum absolute atomic E-state index is 11.9. The minimum absolute atomic E-state index is 0.00626. The molecule has 0 saturated carbocycles. The molecule has 5 nitrogen and oxygen atoms in total. The summed E-state index contributed by atoms with van der Waals surface area (Å²) >= 11 is 0. The van der Waals surface area contributed by atoms with E-state index in [0.29, 0.717) is 13.0 Å². The maximum Gasteiger partial charge on any atom is 0.242 e. The lowest BCUT2D eigenvalue weighted by Gasteiger charge is -2.22. The van der Waals surface area contributed by atoms with Gasteiger partial charge in [0.1, 0.15) is 6.04 Å². The molecule has 1 aliphatic rings. The Morgan fingerprint density at radius 2 is 1.88 bits per heavy atom. The topological polar surface area (TPSA) is 67.4 Å². The van der Waals surface area contributed by atoms with Gasteiger partial charge in [-0.3, -0.25) is 9.59 Å². The van der Waals surface area contributed by atoms with Crippen LogP contribution in [0.25, 0.3) is 0 Å². The lowest BCUT2D eigenvalue weighted by Crippen LogP contribution is -2.50. The number of carbonyl (C=O) groups excluding carboxylic acids is 2. The van der Waals surface area contributed by atoms with Gasteiger partial charge in [-0.15, -0.1) is 0 Å². The Kier molecular flexibility index (Phi) is 9.05. The highest BCUT2D eigenvalue weighted by molar-refractivity contribution is 5.87. The molecular weight excluding hydrogens is 316 g/mol. The Labute approximate surface area is 150 Å². The number of hydrogen-bond donors (Lipinski definition) is 2. The molecule has 1 atom stereocenters. The van der Waals surface area contributed by atoms with Gasteiger partial charge in [-0.1, -0.05) is 49.6 Å². The summed E-state index contributed by atoms with van der Waals surface area (Å²) in [4.78, 5) is 23.4. The van der Waals surface area contributed by atoms with E-state index < -0.39 is 0 Å². The van der Waals surface area contributed by atoms with Gasteiger partial charge in [-0.25, -0.2) is 0 Å². The zero-order valence-corrected chi connectivity index (χ0v) is 15.0. The first-order valence-electron chi connectivity index (χ1n) is 9.44. The fourth-order valence-corrected chi connectivity index (χ4v) is 2.96. The highest BCUT2D eigenvalue weighted by Gasteiger charge is 2.22. The Morgan fingerprint density at radius 1 is 1.12 bits per heavy atom. The van der Waals surface area contributed by atoms with Crippen molar-refractivity contribution < 1.29 is 14.3 Å². The Balaban J connectivity index is 1.40. The molecule has 0 bridgehead atoms. The highest BCUT2D eigenvalue weighted by Crippen LogP contribution is 2.08. The second-order valence-electron chi connectivity index (χ2n) is 6.61. The molecule has 0 unspecified atom stereocenters. The van der Waals surface area contributed by atoms with Crippen molar-refractivity contribution in [2.24, 2.45) is 0 Å². The Bertz CT molecular complexity index is 519. The van der Waals surface area contributed by atoms with E-state index in [1.54, 1.807) is 0 Å². The summed E-state index contributed by atoms with van der Waals surface area (Å²) in [5.41, 5.74) is 1.21. The van der Waals surface area contributed by atoms with Crippen molar-refractivity contribution in [3.8, 4) is 0 Å². The SMILES string of the molecule is O=C(CCCCCCCOCc1ccccc1)N[C@H]1CCCNC1=O. The van der Waals surface area contributed by atoms with Crippen LogP contribution in [-0.2, 0) is 20.9 Å². The molecule has 0 radical (unpaired) electrons. The maximum atomic E-state index is 11.9. The number of hydrogen-bond acceptors (Lipinski definition) is 3. The van der Waals surface area contributed by atoms with Gasteiger partial charge in [0, 0.05) is 19.6 Å². The van der Waals surface area contributed by atoms with Crippen LogP contribution in [0.1, 0.15) is 56.9 Å². The number of piperidine rings is 1. The lowest BCUT2D eigenvalue weighted by molar-refractivity contribution is -0.130. The number of benzene rings is 1. The lowest BCUT2D eigenvalue weighted by atomic mass is 10.1. The van der Waals surface area contributed by atoms with E-state index in [0.717, 1.165) is 58.1 Å². The van der Waals surface area contributed by atoms with Crippen molar-refractivity contribution in [3.63, 3.8) is 0 Å². The van der Waals surface area contributed by atoms with E-state index in [2.05, 4.69) is 22.8 Å². The average molecular weight is 346 g/mol. The van der Waals surface area contributed by atoms with Gasteiger partial charge >= 0.3 is 0 Å². The fourth-order valence-electron chi connectivity index (χ4n) is 2.96. The van der Waals surface area contributed by atoms with Gasteiger partial charge in [0.25, 0.3) is 0 Å².